The lowest BCUT2D eigenvalue weighted by molar-refractivity contribution is -0.113. The second-order valence-corrected chi connectivity index (χ2v) is 5.91. The number of hydrogen-bond acceptors (Lipinski definition) is 5. The number of benzene rings is 1. The third kappa shape index (κ3) is 4.47. The third-order valence-corrected chi connectivity index (χ3v) is 4.09. The number of thioether (sulfide) groups is 1. The van der Waals surface area contributed by atoms with Crippen molar-refractivity contribution in [2.45, 2.75) is 18.9 Å². The maximum Gasteiger partial charge on any atom is 0.234 e. The molecule has 0 spiro atoms. The van der Waals surface area contributed by atoms with E-state index in [-0.39, 0.29) is 11.7 Å². The van der Waals surface area contributed by atoms with Gasteiger partial charge in [-0.25, -0.2) is 4.98 Å². The van der Waals surface area contributed by atoms with Crippen molar-refractivity contribution in [2.24, 2.45) is 0 Å². The molecule has 0 fully saturated rings. The standard InChI is InChI=1S/C17H17N3O2S/c1-11-7-12(2)19-17(15(11)9-18)23-10-16(21)20-13-5-4-6-14(8-13)22-3/h4-8H,10H2,1-3H3,(H,20,21). The molecule has 1 aromatic carbocycles. The van der Waals surface area contributed by atoms with Crippen LogP contribution in [0, 0.1) is 25.2 Å². The smallest absolute Gasteiger partial charge is 0.234 e. The molecule has 0 radical (unpaired) electrons. The SMILES string of the molecule is COc1cccc(NC(=O)CSc2nc(C)cc(C)c2C#N)c1. The van der Waals surface area contributed by atoms with Crippen LogP contribution >= 0.6 is 11.8 Å². The first-order valence-electron chi connectivity index (χ1n) is 6.98. The van der Waals surface area contributed by atoms with Gasteiger partial charge in [-0.1, -0.05) is 17.8 Å². The molecule has 0 unspecified atom stereocenters. The van der Waals surface area contributed by atoms with E-state index >= 15 is 0 Å². The van der Waals surface area contributed by atoms with Gasteiger partial charge in [-0.2, -0.15) is 5.26 Å². The van der Waals surface area contributed by atoms with Gasteiger partial charge in [-0.15, -0.1) is 0 Å². The lowest BCUT2D eigenvalue weighted by Crippen LogP contribution is -2.14. The molecular formula is C17H17N3O2S. The van der Waals surface area contributed by atoms with E-state index in [0.29, 0.717) is 22.0 Å². The molecule has 0 aliphatic carbocycles. The Hall–Kier alpha value is -2.52. The first-order chi connectivity index (χ1) is 11.0. The van der Waals surface area contributed by atoms with Crippen LogP contribution in [0.5, 0.6) is 5.75 Å². The highest BCUT2D eigenvalue weighted by Crippen LogP contribution is 2.24. The predicted molar refractivity (Wildman–Crippen MR) is 90.8 cm³/mol. The molecule has 118 valence electrons. The molecule has 0 saturated heterocycles. The molecule has 2 rings (SSSR count). The Kier molecular flexibility index (Phi) is 5.61. The number of carbonyl (C=O) groups is 1. The van der Waals surface area contributed by atoms with Crippen molar-refractivity contribution in [2.75, 3.05) is 18.2 Å². The third-order valence-electron chi connectivity index (χ3n) is 3.12. The molecule has 0 bridgehead atoms. The quantitative estimate of drug-likeness (QED) is 0.853. The van der Waals surface area contributed by atoms with Crippen LogP contribution in [0.15, 0.2) is 35.4 Å². The van der Waals surface area contributed by atoms with Crippen molar-refractivity contribution < 1.29 is 9.53 Å². The van der Waals surface area contributed by atoms with E-state index in [1.807, 2.05) is 26.0 Å². The van der Waals surface area contributed by atoms with E-state index in [1.165, 1.54) is 11.8 Å². The fourth-order valence-corrected chi connectivity index (χ4v) is 2.97. The lowest BCUT2D eigenvalue weighted by atomic mass is 10.1. The van der Waals surface area contributed by atoms with Gasteiger partial charge in [0.1, 0.15) is 16.8 Å². The van der Waals surface area contributed by atoms with E-state index in [2.05, 4.69) is 16.4 Å². The highest BCUT2D eigenvalue weighted by molar-refractivity contribution is 8.00. The van der Waals surface area contributed by atoms with Crippen molar-refractivity contribution in [3.8, 4) is 11.8 Å². The van der Waals surface area contributed by atoms with Crippen molar-refractivity contribution in [3.63, 3.8) is 0 Å². The van der Waals surface area contributed by atoms with Gasteiger partial charge in [0.2, 0.25) is 5.91 Å². The minimum absolute atomic E-state index is 0.159. The summed E-state index contributed by atoms with van der Waals surface area (Å²) >= 11 is 1.26. The van der Waals surface area contributed by atoms with Gasteiger partial charge in [-0.3, -0.25) is 4.79 Å². The number of ether oxygens (including phenoxy) is 1. The number of carbonyl (C=O) groups excluding carboxylic acids is 1. The van der Waals surface area contributed by atoms with E-state index in [0.717, 1.165) is 11.3 Å². The van der Waals surface area contributed by atoms with Crippen LogP contribution < -0.4 is 10.1 Å². The zero-order chi connectivity index (χ0) is 16.8. The number of amides is 1. The van der Waals surface area contributed by atoms with Crippen LogP contribution in [0.3, 0.4) is 0 Å². The zero-order valence-corrected chi connectivity index (χ0v) is 14.0. The molecular weight excluding hydrogens is 310 g/mol. The fraction of sp³-hybridized carbons (Fsp3) is 0.235. The minimum Gasteiger partial charge on any atom is -0.497 e. The molecule has 23 heavy (non-hydrogen) atoms. The van der Waals surface area contributed by atoms with Crippen molar-refractivity contribution in [1.82, 2.24) is 4.98 Å². The van der Waals surface area contributed by atoms with E-state index in [1.54, 1.807) is 25.3 Å². The lowest BCUT2D eigenvalue weighted by Gasteiger charge is -2.09. The minimum atomic E-state index is -0.159. The molecule has 0 aliphatic rings. The molecule has 1 amide bonds. The number of nitrogens with one attached hydrogen (secondary N) is 1. The molecule has 6 heteroatoms. The van der Waals surface area contributed by atoms with Crippen molar-refractivity contribution in [3.05, 3.63) is 47.2 Å². The number of aryl methyl sites for hydroxylation is 2. The van der Waals surface area contributed by atoms with Crippen molar-refractivity contribution >= 4 is 23.4 Å². The average Bonchev–Trinajstić information content (AvgIpc) is 2.52. The number of nitriles is 1. The number of aromatic nitrogens is 1. The number of pyridine rings is 1. The number of methoxy groups -OCH3 is 1. The largest absolute Gasteiger partial charge is 0.497 e. The Bertz CT molecular complexity index is 769. The van der Waals surface area contributed by atoms with Crippen molar-refractivity contribution in [1.29, 1.82) is 5.26 Å². The highest BCUT2D eigenvalue weighted by Gasteiger charge is 2.11. The van der Waals surface area contributed by atoms with Gasteiger partial charge in [0.25, 0.3) is 0 Å². The summed E-state index contributed by atoms with van der Waals surface area (Å²) in [5, 5.41) is 12.6. The number of anilines is 1. The number of hydrogen-bond donors (Lipinski definition) is 1. The first kappa shape index (κ1) is 16.8. The van der Waals surface area contributed by atoms with E-state index < -0.39 is 0 Å². The van der Waals surface area contributed by atoms with Gasteiger partial charge >= 0.3 is 0 Å². The molecule has 0 aliphatic heterocycles. The maximum absolute atomic E-state index is 12.1. The Morgan fingerprint density at radius 1 is 1.39 bits per heavy atom. The Labute approximate surface area is 139 Å². The van der Waals surface area contributed by atoms with E-state index in [4.69, 9.17) is 4.74 Å². The summed E-state index contributed by atoms with van der Waals surface area (Å²) < 4.78 is 5.12. The van der Waals surface area contributed by atoms with Gasteiger partial charge in [0, 0.05) is 17.4 Å². The number of nitrogens with zero attached hydrogens (tertiary/aromatic N) is 2. The monoisotopic (exact) mass is 327 g/mol. The second kappa shape index (κ2) is 7.65. The van der Waals surface area contributed by atoms with Gasteiger partial charge in [-0.05, 0) is 37.6 Å². The topological polar surface area (TPSA) is 75.0 Å². The van der Waals surface area contributed by atoms with Crippen LogP contribution in [-0.2, 0) is 4.79 Å². The summed E-state index contributed by atoms with van der Waals surface area (Å²) in [4.78, 5) is 16.4. The summed E-state index contributed by atoms with van der Waals surface area (Å²) in [6.45, 7) is 3.74. The normalized spacial score (nSPS) is 10.0. The van der Waals surface area contributed by atoms with E-state index in [9.17, 15) is 10.1 Å². The number of rotatable bonds is 5. The molecule has 0 saturated carbocycles. The summed E-state index contributed by atoms with van der Waals surface area (Å²) in [7, 11) is 1.58. The zero-order valence-electron chi connectivity index (χ0n) is 13.2. The van der Waals surface area contributed by atoms with Gasteiger partial charge < -0.3 is 10.1 Å². The Morgan fingerprint density at radius 2 is 2.17 bits per heavy atom. The van der Waals surface area contributed by atoms with Crippen LogP contribution in [0.2, 0.25) is 0 Å². The van der Waals surface area contributed by atoms with Crippen LogP contribution in [-0.4, -0.2) is 23.8 Å². The van der Waals surface area contributed by atoms with Crippen LogP contribution in [0.25, 0.3) is 0 Å². The fourth-order valence-electron chi connectivity index (χ4n) is 2.07. The van der Waals surface area contributed by atoms with Gasteiger partial charge in [0.05, 0.1) is 18.4 Å². The van der Waals surface area contributed by atoms with Gasteiger partial charge in [0.15, 0.2) is 0 Å². The molecule has 1 aromatic heterocycles. The first-order valence-corrected chi connectivity index (χ1v) is 7.97. The van der Waals surface area contributed by atoms with Crippen LogP contribution in [0.1, 0.15) is 16.8 Å². The maximum atomic E-state index is 12.1. The average molecular weight is 327 g/mol. The molecule has 1 N–H and O–H groups in total. The molecule has 2 aromatic rings. The summed E-state index contributed by atoms with van der Waals surface area (Å²) in [6, 6.07) is 11.2. The summed E-state index contributed by atoms with van der Waals surface area (Å²) in [6.07, 6.45) is 0. The van der Waals surface area contributed by atoms with Crippen LogP contribution in [0.4, 0.5) is 5.69 Å². The highest BCUT2D eigenvalue weighted by atomic mass is 32.2. The predicted octanol–water partition coefficient (Wildman–Crippen LogP) is 3.31. The summed E-state index contributed by atoms with van der Waals surface area (Å²) in [5.74, 6) is 0.702. The second-order valence-electron chi connectivity index (χ2n) is 4.94. The molecule has 0 atom stereocenters. The molecule has 1 heterocycles. The Morgan fingerprint density at radius 3 is 2.87 bits per heavy atom. The molecule has 5 nitrogen and oxygen atoms in total. The summed E-state index contributed by atoms with van der Waals surface area (Å²) in [5.41, 5.74) is 2.89. The Balaban J connectivity index is 2.03.